The van der Waals surface area contributed by atoms with Gasteiger partial charge in [0, 0.05) is 30.6 Å². The van der Waals surface area contributed by atoms with Crippen molar-refractivity contribution in [1.82, 2.24) is 15.1 Å². The van der Waals surface area contributed by atoms with Gasteiger partial charge in [0.2, 0.25) is 0 Å². The molecule has 8 nitrogen and oxygen atoms in total. The molecule has 0 unspecified atom stereocenters. The SMILES string of the molecule is Nc1ccc(C(=O)NCc2ccccc2Cn2cccn2)cc1[N+](=O)[O-]. The third-order valence-electron chi connectivity index (χ3n) is 3.94. The molecule has 8 heteroatoms. The van der Waals surface area contributed by atoms with Crippen LogP contribution in [0.4, 0.5) is 11.4 Å². The van der Waals surface area contributed by atoms with E-state index in [9.17, 15) is 14.9 Å². The molecule has 0 spiro atoms. The predicted octanol–water partition coefficient (Wildman–Crippen LogP) is 2.35. The molecule has 0 saturated heterocycles. The normalized spacial score (nSPS) is 10.5. The van der Waals surface area contributed by atoms with Gasteiger partial charge in [0.1, 0.15) is 5.69 Å². The van der Waals surface area contributed by atoms with Crippen LogP contribution in [0.25, 0.3) is 0 Å². The number of carbonyl (C=O) groups excluding carboxylic acids is 1. The summed E-state index contributed by atoms with van der Waals surface area (Å²) < 4.78 is 1.80. The van der Waals surface area contributed by atoms with Crippen LogP contribution in [-0.2, 0) is 13.1 Å². The number of nitrogen functional groups attached to an aromatic ring is 1. The lowest BCUT2D eigenvalue weighted by molar-refractivity contribution is -0.383. The third kappa shape index (κ3) is 3.86. The maximum atomic E-state index is 12.3. The molecule has 0 aliphatic carbocycles. The van der Waals surface area contributed by atoms with Crippen molar-refractivity contribution in [1.29, 1.82) is 0 Å². The van der Waals surface area contributed by atoms with Crippen LogP contribution in [0.2, 0.25) is 0 Å². The first kappa shape index (κ1) is 17.2. The van der Waals surface area contributed by atoms with Crippen molar-refractivity contribution >= 4 is 17.3 Å². The van der Waals surface area contributed by atoms with Gasteiger partial charge in [0.15, 0.2) is 0 Å². The molecule has 3 N–H and O–H groups in total. The van der Waals surface area contributed by atoms with E-state index in [1.807, 2.05) is 36.5 Å². The highest BCUT2D eigenvalue weighted by atomic mass is 16.6. The summed E-state index contributed by atoms with van der Waals surface area (Å²) in [4.78, 5) is 22.7. The molecule has 26 heavy (non-hydrogen) atoms. The van der Waals surface area contributed by atoms with Gasteiger partial charge in [-0.15, -0.1) is 0 Å². The molecule has 132 valence electrons. The highest BCUT2D eigenvalue weighted by Gasteiger charge is 2.15. The van der Waals surface area contributed by atoms with Crippen LogP contribution < -0.4 is 11.1 Å². The fourth-order valence-corrected chi connectivity index (χ4v) is 2.57. The van der Waals surface area contributed by atoms with E-state index in [0.29, 0.717) is 13.1 Å². The largest absolute Gasteiger partial charge is 0.393 e. The minimum absolute atomic E-state index is 0.0242. The van der Waals surface area contributed by atoms with Gasteiger partial charge in [-0.3, -0.25) is 19.6 Å². The van der Waals surface area contributed by atoms with Crippen molar-refractivity contribution in [2.75, 3.05) is 5.73 Å². The standard InChI is InChI=1S/C18H17N5O3/c19-16-7-6-13(10-17(16)23(25)26)18(24)20-11-14-4-1-2-5-15(14)12-22-9-3-8-21-22/h1-10H,11-12,19H2,(H,20,24). The van der Waals surface area contributed by atoms with E-state index < -0.39 is 10.8 Å². The molecule has 0 atom stereocenters. The summed E-state index contributed by atoms with van der Waals surface area (Å²) in [6, 6.07) is 13.6. The summed E-state index contributed by atoms with van der Waals surface area (Å²) >= 11 is 0. The number of carbonyl (C=O) groups is 1. The molecule has 3 aromatic rings. The number of nitro groups is 1. The Morgan fingerprint density at radius 1 is 1.19 bits per heavy atom. The molecule has 0 radical (unpaired) electrons. The Morgan fingerprint density at radius 3 is 2.65 bits per heavy atom. The molecule has 1 heterocycles. The lowest BCUT2D eigenvalue weighted by Crippen LogP contribution is -2.23. The Bertz CT molecular complexity index is 938. The molecule has 0 bridgehead atoms. The summed E-state index contributed by atoms with van der Waals surface area (Å²) in [5, 5.41) is 17.9. The maximum Gasteiger partial charge on any atom is 0.292 e. The molecule has 2 aromatic carbocycles. The summed E-state index contributed by atoms with van der Waals surface area (Å²) in [6.07, 6.45) is 3.57. The summed E-state index contributed by atoms with van der Waals surface area (Å²) in [5.74, 6) is -0.401. The predicted molar refractivity (Wildman–Crippen MR) is 96.5 cm³/mol. The van der Waals surface area contributed by atoms with Gasteiger partial charge in [0.05, 0.1) is 11.5 Å². The van der Waals surface area contributed by atoms with E-state index in [1.165, 1.54) is 18.2 Å². The number of hydrogen-bond donors (Lipinski definition) is 2. The molecular formula is C18H17N5O3. The Balaban J connectivity index is 1.72. The first-order valence-corrected chi connectivity index (χ1v) is 7.91. The quantitative estimate of drug-likeness (QED) is 0.402. The minimum atomic E-state index is -0.606. The van der Waals surface area contributed by atoms with Crippen molar-refractivity contribution in [3.05, 3.63) is 87.7 Å². The number of benzene rings is 2. The number of nitrogens with one attached hydrogen (secondary N) is 1. The van der Waals surface area contributed by atoms with E-state index in [2.05, 4.69) is 10.4 Å². The molecule has 3 rings (SSSR count). The Hall–Kier alpha value is -3.68. The zero-order chi connectivity index (χ0) is 18.5. The maximum absolute atomic E-state index is 12.3. The highest BCUT2D eigenvalue weighted by Crippen LogP contribution is 2.22. The lowest BCUT2D eigenvalue weighted by atomic mass is 10.1. The number of rotatable bonds is 6. The van der Waals surface area contributed by atoms with Gasteiger partial charge in [-0.25, -0.2) is 0 Å². The van der Waals surface area contributed by atoms with Crippen molar-refractivity contribution in [2.45, 2.75) is 13.1 Å². The van der Waals surface area contributed by atoms with Gasteiger partial charge < -0.3 is 11.1 Å². The summed E-state index contributed by atoms with van der Waals surface area (Å²) in [7, 11) is 0. The zero-order valence-electron chi connectivity index (χ0n) is 13.8. The first-order chi connectivity index (χ1) is 12.5. The second-order valence-electron chi connectivity index (χ2n) is 5.69. The van der Waals surface area contributed by atoms with Crippen LogP contribution >= 0.6 is 0 Å². The van der Waals surface area contributed by atoms with Gasteiger partial charge in [-0.1, -0.05) is 24.3 Å². The number of anilines is 1. The van der Waals surface area contributed by atoms with Gasteiger partial charge in [-0.2, -0.15) is 5.10 Å². The molecule has 0 aliphatic rings. The van der Waals surface area contributed by atoms with E-state index in [0.717, 1.165) is 11.1 Å². The number of amides is 1. The van der Waals surface area contributed by atoms with Crippen LogP contribution in [0.5, 0.6) is 0 Å². The number of aromatic nitrogens is 2. The number of hydrogen-bond acceptors (Lipinski definition) is 5. The Kier molecular flexibility index (Phi) is 4.93. The van der Waals surface area contributed by atoms with Gasteiger partial charge >= 0.3 is 0 Å². The van der Waals surface area contributed by atoms with Crippen molar-refractivity contribution in [2.24, 2.45) is 0 Å². The highest BCUT2D eigenvalue weighted by molar-refractivity contribution is 5.95. The van der Waals surface area contributed by atoms with E-state index in [1.54, 1.807) is 10.9 Å². The summed E-state index contributed by atoms with van der Waals surface area (Å²) in [6.45, 7) is 0.890. The van der Waals surface area contributed by atoms with Crippen LogP contribution in [0, 0.1) is 10.1 Å². The molecule has 0 aliphatic heterocycles. The molecule has 0 saturated carbocycles. The van der Waals surface area contributed by atoms with Gasteiger partial charge in [0.25, 0.3) is 11.6 Å². The fraction of sp³-hybridized carbons (Fsp3) is 0.111. The minimum Gasteiger partial charge on any atom is -0.393 e. The first-order valence-electron chi connectivity index (χ1n) is 7.91. The van der Waals surface area contributed by atoms with Crippen LogP contribution in [0.15, 0.2) is 60.9 Å². The molecular weight excluding hydrogens is 334 g/mol. The summed E-state index contributed by atoms with van der Waals surface area (Å²) in [5.41, 5.74) is 7.47. The molecule has 0 fully saturated rings. The van der Waals surface area contributed by atoms with Crippen LogP contribution in [0.1, 0.15) is 21.5 Å². The second kappa shape index (κ2) is 7.47. The van der Waals surface area contributed by atoms with Crippen molar-refractivity contribution in [3.8, 4) is 0 Å². The smallest absolute Gasteiger partial charge is 0.292 e. The Labute approximate surface area is 149 Å². The van der Waals surface area contributed by atoms with E-state index in [-0.39, 0.29) is 16.9 Å². The Morgan fingerprint density at radius 2 is 1.96 bits per heavy atom. The zero-order valence-corrected chi connectivity index (χ0v) is 13.8. The number of nitrogens with two attached hydrogens (primary N) is 1. The van der Waals surface area contributed by atoms with Crippen molar-refractivity contribution < 1.29 is 9.72 Å². The lowest BCUT2D eigenvalue weighted by Gasteiger charge is -2.11. The van der Waals surface area contributed by atoms with E-state index >= 15 is 0 Å². The van der Waals surface area contributed by atoms with E-state index in [4.69, 9.17) is 5.73 Å². The van der Waals surface area contributed by atoms with Gasteiger partial charge in [-0.05, 0) is 29.3 Å². The number of nitrogens with zero attached hydrogens (tertiary/aromatic N) is 3. The average molecular weight is 351 g/mol. The van der Waals surface area contributed by atoms with Crippen LogP contribution in [-0.4, -0.2) is 20.6 Å². The molecule has 1 aromatic heterocycles. The third-order valence-corrected chi connectivity index (χ3v) is 3.94. The number of nitro benzene ring substituents is 1. The average Bonchev–Trinajstić information content (AvgIpc) is 3.14. The topological polar surface area (TPSA) is 116 Å². The second-order valence-corrected chi connectivity index (χ2v) is 5.69. The fourth-order valence-electron chi connectivity index (χ4n) is 2.57. The monoisotopic (exact) mass is 351 g/mol. The van der Waals surface area contributed by atoms with Crippen molar-refractivity contribution in [3.63, 3.8) is 0 Å². The molecule has 1 amide bonds. The van der Waals surface area contributed by atoms with Crippen LogP contribution in [0.3, 0.4) is 0 Å².